The van der Waals surface area contributed by atoms with Crippen molar-refractivity contribution >= 4 is 43.0 Å². The Balaban J connectivity index is 2.20. The van der Waals surface area contributed by atoms with Crippen molar-refractivity contribution in [1.82, 2.24) is 9.71 Å². The lowest BCUT2D eigenvalue weighted by Crippen LogP contribution is -2.23. The van der Waals surface area contributed by atoms with Gasteiger partial charge >= 0.3 is 0 Å². The molecule has 9 heteroatoms. The van der Waals surface area contributed by atoms with Crippen LogP contribution >= 0.6 is 27.3 Å². The van der Waals surface area contributed by atoms with E-state index in [9.17, 15) is 12.8 Å². The molecule has 2 rings (SSSR count). The topological polar surface area (TPSA) is 85.1 Å². The molecule has 2 aromatic rings. The first-order chi connectivity index (χ1) is 9.83. The van der Waals surface area contributed by atoms with Gasteiger partial charge in [-0.2, -0.15) is 0 Å². The Morgan fingerprint density at radius 2 is 2.19 bits per heavy atom. The highest BCUT2D eigenvalue weighted by Gasteiger charge is 2.20. The van der Waals surface area contributed by atoms with Crippen LogP contribution in [-0.4, -0.2) is 13.4 Å². The summed E-state index contributed by atoms with van der Waals surface area (Å²) < 4.78 is 40.3. The second-order valence-electron chi connectivity index (χ2n) is 4.20. The molecule has 1 aromatic heterocycles. The lowest BCUT2D eigenvalue weighted by Gasteiger charge is -2.09. The number of hydrogen-bond donors (Lipinski definition) is 2. The standard InChI is InChI=1S/C12H13BrFN3O2S2/c1-2-7-5-16-12(20-7)6-17-21(18,19)11-4-10(15)9(14)3-8(11)13/h3-5,17H,2,6,15H2,1H3. The molecule has 0 amide bonds. The average Bonchev–Trinajstić information content (AvgIpc) is 2.88. The zero-order valence-corrected chi connectivity index (χ0v) is 14.3. The van der Waals surface area contributed by atoms with Crippen molar-refractivity contribution in [3.63, 3.8) is 0 Å². The van der Waals surface area contributed by atoms with Crippen molar-refractivity contribution in [3.05, 3.63) is 38.5 Å². The minimum absolute atomic E-state index is 0.0801. The summed E-state index contributed by atoms with van der Waals surface area (Å²) in [5.74, 6) is -0.673. The first kappa shape index (κ1) is 16.3. The minimum atomic E-state index is -3.80. The van der Waals surface area contributed by atoms with E-state index in [0.717, 1.165) is 23.4 Å². The normalized spacial score (nSPS) is 11.8. The fourth-order valence-corrected chi connectivity index (χ4v) is 4.51. The molecule has 0 aliphatic rings. The molecule has 1 heterocycles. The van der Waals surface area contributed by atoms with Gasteiger partial charge in [0, 0.05) is 15.5 Å². The van der Waals surface area contributed by atoms with Crippen LogP contribution in [0.25, 0.3) is 0 Å². The third-order valence-electron chi connectivity index (χ3n) is 2.70. The summed E-state index contributed by atoms with van der Waals surface area (Å²) in [6.45, 7) is 2.08. The van der Waals surface area contributed by atoms with Crippen LogP contribution in [0.2, 0.25) is 0 Å². The average molecular weight is 394 g/mol. The second kappa shape index (κ2) is 6.39. The largest absolute Gasteiger partial charge is 0.396 e. The maximum absolute atomic E-state index is 13.3. The van der Waals surface area contributed by atoms with Crippen molar-refractivity contribution in [1.29, 1.82) is 0 Å². The predicted molar refractivity (Wildman–Crippen MR) is 84.0 cm³/mol. The van der Waals surface area contributed by atoms with Crippen LogP contribution in [0, 0.1) is 5.82 Å². The number of nitrogens with one attached hydrogen (secondary N) is 1. The molecule has 5 nitrogen and oxygen atoms in total. The van der Waals surface area contributed by atoms with Crippen molar-refractivity contribution in [2.45, 2.75) is 24.8 Å². The number of nitrogens with two attached hydrogens (primary N) is 1. The minimum Gasteiger partial charge on any atom is -0.396 e. The number of rotatable bonds is 5. The monoisotopic (exact) mass is 393 g/mol. The molecule has 0 spiro atoms. The van der Waals surface area contributed by atoms with Gasteiger partial charge in [-0.1, -0.05) is 6.92 Å². The summed E-state index contributed by atoms with van der Waals surface area (Å²) in [7, 11) is -3.80. The smallest absolute Gasteiger partial charge is 0.242 e. The van der Waals surface area contributed by atoms with Crippen LogP contribution in [-0.2, 0) is 23.0 Å². The van der Waals surface area contributed by atoms with Gasteiger partial charge in [0.25, 0.3) is 0 Å². The molecule has 0 saturated carbocycles. The Kier molecular flexibility index (Phi) is 4.97. The highest BCUT2D eigenvalue weighted by Crippen LogP contribution is 2.27. The molecule has 1 aromatic carbocycles. The number of anilines is 1. The molecular formula is C12H13BrFN3O2S2. The maximum atomic E-state index is 13.3. The highest BCUT2D eigenvalue weighted by atomic mass is 79.9. The molecule has 114 valence electrons. The van der Waals surface area contributed by atoms with Crippen LogP contribution in [0.1, 0.15) is 16.8 Å². The summed E-state index contributed by atoms with van der Waals surface area (Å²) in [5, 5.41) is 0.668. The Hall–Kier alpha value is -1.03. The Morgan fingerprint density at radius 1 is 1.48 bits per heavy atom. The van der Waals surface area contributed by atoms with Gasteiger partial charge in [-0.3, -0.25) is 0 Å². The fraction of sp³-hybridized carbons (Fsp3) is 0.250. The molecular weight excluding hydrogens is 381 g/mol. The van der Waals surface area contributed by atoms with Crippen LogP contribution in [0.4, 0.5) is 10.1 Å². The maximum Gasteiger partial charge on any atom is 0.242 e. The number of halogens is 2. The number of aromatic nitrogens is 1. The predicted octanol–water partition coefficient (Wildman–Crippen LogP) is 2.67. The molecule has 0 bridgehead atoms. The van der Waals surface area contributed by atoms with E-state index in [0.29, 0.717) is 5.01 Å². The van der Waals surface area contributed by atoms with Gasteiger partial charge in [0.05, 0.1) is 17.1 Å². The summed E-state index contributed by atoms with van der Waals surface area (Å²) in [6.07, 6.45) is 2.57. The first-order valence-corrected chi connectivity index (χ1v) is 9.10. The van der Waals surface area contributed by atoms with Crippen molar-refractivity contribution < 1.29 is 12.8 Å². The number of hydrogen-bond acceptors (Lipinski definition) is 5. The third-order valence-corrected chi connectivity index (χ3v) is 6.21. The van der Waals surface area contributed by atoms with E-state index in [1.165, 1.54) is 11.3 Å². The second-order valence-corrected chi connectivity index (χ2v) is 7.99. The Morgan fingerprint density at radius 3 is 2.81 bits per heavy atom. The van der Waals surface area contributed by atoms with Gasteiger partial charge in [-0.15, -0.1) is 11.3 Å². The number of sulfonamides is 1. The zero-order valence-electron chi connectivity index (χ0n) is 11.1. The van der Waals surface area contributed by atoms with Gasteiger partial charge in [0.15, 0.2) is 0 Å². The van der Waals surface area contributed by atoms with E-state index in [2.05, 4.69) is 25.6 Å². The van der Waals surface area contributed by atoms with E-state index in [1.807, 2.05) is 6.92 Å². The molecule has 0 aliphatic heterocycles. The molecule has 0 fully saturated rings. The molecule has 0 radical (unpaired) electrons. The van der Waals surface area contributed by atoms with E-state index in [4.69, 9.17) is 5.73 Å². The highest BCUT2D eigenvalue weighted by molar-refractivity contribution is 9.10. The van der Waals surface area contributed by atoms with Gasteiger partial charge in [-0.05, 0) is 34.5 Å². The van der Waals surface area contributed by atoms with Gasteiger partial charge in [-0.25, -0.2) is 22.5 Å². The number of thiazole rings is 1. The first-order valence-electron chi connectivity index (χ1n) is 6.01. The number of aryl methyl sites for hydroxylation is 1. The third kappa shape index (κ3) is 3.79. The van der Waals surface area contributed by atoms with Gasteiger partial charge in [0.1, 0.15) is 10.8 Å². The Bertz CT molecular complexity index is 762. The van der Waals surface area contributed by atoms with Crippen molar-refractivity contribution in [2.24, 2.45) is 0 Å². The van der Waals surface area contributed by atoms with Crippen LogP contribution in [0.5, 0.6) is 0 Å². The van der Waals surface area contributed by atoms with E-state index >= 15 is 0 Å². The molecule has 0 saturated heterocycles. The quantitative estimate of drug-likeness (QED) is 0.764. The van der Waals surface area contributed by atoms with Gasteiger partial charge < -0.3 is 5.73 Å². The lowest BCUT2D eigenvalue weighted by molar-refractivity contribution is 0.579. The summed E-state index contributed by atoms with van der Waals surface area (Å²) in [5.41, 5.74) is 5.20. The zero-order chi connectivity index (χ0) is 15.6. The van der Waals surface area contributed by atoms with Crippen LogP contribution < -0.4 is 10.5 Å². The molecule has 0 aliphatic carbocycles. The summed E-state index contributed by atoms with van der Waals surface area (Å²) >= 11 is 4.47. The lowest BCUT2D eigenvalue weighted by atomic mass is 10.3. The SMILES string of the molecule is CCc1cnc(CNS(=O)(=O)c2cc(N)c(F)cc2Br)s1. The Labute approximate surface area is 134 Å². The van der Waals surface area contributed by atoms with E-state index in [1.54, 1.807) is 6.20 Å². The number of nitrogen functional groups attached to an aromatic ring is 1. The molecule has 21 heavy (non-hydrogen) atoms. The van der Waals surface area contributed by atoms with E-state index in [-0.39, 0.29) is 21.6 Å². The number of nitrogens with zero attached hydrogens (tertiary/aromatic N) is 1. The molecule has 3 N–H and O–H groups in total. The summed E-state index contributed by atoms with van der Waals surface area (Å²) in [4.78, 5) is 5.11. The van der Waals surface area contributed by atoms with Crippen LogP contribution in [0.3, 0.4) is 0 Å². The van der Waals surface area contributed by atoms with Gasteiger partial charge in [0.2, 0.25) is 10.0 Å². The van der Waals surface area contributed by atoms with E-state index < -0.39 is 15.8 Å². The van der Waals surface area contributed by atoms with Crippen molar-refractivity contribution in [3.8, 4) is 0 Å². The van der Waals surface area contributed by atoms with Crippen LogP contribution in [0.15, 0.2) is 27.7 Å². The summed E-state index contributed by atoms with van der Waals surface area (Å²) in [6, 6.07) is 2.11. The molecule has 0 unspecified atom stereocenters. The number of benzene rings is 1. The fourth-order valence-electron chi connectivity index (χ4n) is 1.58. The van der Waals surface area contributed by atoms with Crippen molar-refractivity contribution in [2.75, 3.05) is 5.73 Å². The molecule has 0 atom stereocenters.